The van der Waals surface area contributed by atoms with Crippen molar-refractivity contribution >= 4 is 0 Å². The van der Waals surface area contributed by atoms with Crippen LogP contribution in [0, 0.1) is 13.8 Å². The highest BCUT2D eigenvalue weighted by Crippen LogP contribution is 2.31. The number of hydrogen-bond donors (Lipinski definition) is 2. The lowest BCUT2D eigenvalue weighted by Crippen LogP contribution is -2.39. The molecule has 2 heterocycles. The molecule has 0 radical (unpaired) electrons. The fourth-order valence-corrected chi connectivity index (χ4v) is 3.17. The number of rotatable bonds is 3. The standard InChI is InChI=1S/C17H23N3O2/c1-11-17(12(2)22-19-11)14-7-13(8-16(21)9-14)10-20-5-3-15(18)4-6-20/h7-9,15,21H,3-6,10,18H2,1-2H3. The van der Waals surface area contributed by atoms with Gasteiger partial charge in [0.05, 0.1) is 5.69 Å². The van der Waals surface area contributed by atoms with Gasteiger partial charge in [-0.15, -0.1) is 0 Å². The first-order valence-electron chi connectivity index (χ1n) is 7.77. The molecule has 0 unspecified atom stereocenters. The fourth-order valence-electron chi connectivity index (χ4n) is 3.17. The molecule has 5 nitrogen and oxygen atoms in total. The van der Waals surface area contributed by atoms with Crippen molar-refractivity contribution in [2.75, 3.05) is 13.1 Å². The minimum atomic E-state index is 0.279. The zero-order chi connectivity index (χ0) is 15.7. The zero-order valence-corrected chi connectivity index (χ0v) is 13.2. The molecule has 22 heavy (non-hydrogen) atoms. The summed E-state index contributed by atoms with van der Waals surface area (Å²) >= 11 is 0. The lowest BCUT2D eigenvalue weighted by atomic mass is 10.00. The molecule has 1 aromatic heterocycles. The summed E-state index contributed by atoms with van der Waals surface area (Å²) in [6.07, 6.45) is 2.07. The van der Waals surface area contributed by atoms with Crippen LogP contribution >= 0.6 is 0 Å². The number of aromatic hydroxyl groups is 1. The Morgan fingerprint density at radius 1 is 1.27 bits per heavy atom. The van der Waals surface area contributed by atoms with Gasteiger partial charge in [-0.1, -0.05) is 5.16 Å². The molecule has 0 saturated carbocycles. The number of aryl methyl sites for hydroxylation is 2. The molecular weight excluding hydrogens is 278 g/mol. The molecule has 1 saturated heterocycles. The van der Waals surface area contributed by atoms with Crippen LogP contribution in [0.2, 0.25) is 0 Å². The molecule has 1 aromatic carbocycles. The van der Waals surface area contributed by atoms with Crippen LogP contribution in [0.5, 0.6) is 5.75 Å². The van der Waals surface area contributed by atoms with E-state index in [1.807, 2.05) is 19.9 Å². The van der Waals surface area contributed by atoms with Gasteiger partial charge in [0, 0.05) is 18.2 Å². The summed E-state index contributed by atoms with van der Waals surface area (Å²) in [6.45, 7) is 6.67. The van der Waals surface area contributed by atoms with E-state index >= 15 is 0 Å². The van der Waals surface area contributed by atoms with E-state index in [4.69, 9.17) is 10.3 Å². The van der Waals surface area contributed by atoms with Crippen molar-refractivity contribution in [3.63, 3.8) is 0 Å². The van der Waals surface area contributed by atoms with Gasteiger partial charge in [-0.2, -0.15) is 0 Å². The van der Waals surface area contributed by atoms with Crippen molar-refractivity contribution in [2.45, 2.75) is 39.3 Å². The second-order valence-corrected chi connectivity index (χ2v) is 6.20. The molecular formula is C17H23N3O2. The van der Waals surface area contributed by atoms with E-state index in [0.717, 1.165) is 60.6 Å². The maximum atomic E-state index is 10.1. The number of nitrogens with zero attached hydrogens (tertiary/aromatic N) is 2. The van der Waals surface area contributed by atoms with Crippen LogP contribution in [0.3, 0.4) is 0 Å². The first-order valence-corrected chi connectivity index (χ1v) is 7.77. The third-order valence-corrected chi connectivity index (χ3v) is 4.34. The summed E-state index contributed by atoms with van der Waals surface area (Å²) in [7, 11) is 0. The fraction of sp³-hybridized carbons (Fsp3) is 0.471. The third kappa shape index (κ3) is 3.15. The highest BCUT2D eigenvalue weighted by atomic mass is 16.5. The number of nitrogens with two attached hydrogens (primary N) is 1. The molecule has 0 atom stereocenters. The highest BCUT2D eigenvalue weighted by molar-refractivity contribution is 5.69. The van der Waals surface area contributed by atoms with Crippen molar-refractivity contribution in [2.24, 2.45) is 5.73 Å². The van der Waals surface area contributed by atoms with Gasteiger partial charge in [0.25, 0.3) is 0 Å². The summed E-state index contributed by atoms with van der Waals surface area (Å²) < 4.78 is 5.24. The summed E-state index contributed by atoms with van der Waals surface area (Å²) in [6, 6.07) is 6.04. The highest BCUT2D eigenvalue weighted by Gasteiger charge is 2.18. The molecule has 1 aliphatic heterocycles. The second-order valence-electron chi connectivity index (χ2n) is 6.20. The summed E-state index contributed by atoms with van der Waals surface area (Å²) in [5, 5.41) is 14.1. The summed E-state index contributed by atoms with van der Waals surface area (Å²) in [4.78, 5) is 2.38. The van der Waals surface area contributed by atoms with Crippen molar-refractivity contribution in [1.82, 2.24) is 10.1 Å². The van der Waals surface area contributed by atoms with Crippen molar-refractivity contribution in [3.8, 4) is 16.9 Å². The normalized spacial score (nSPS) is 17.0. The predicted molar refractivity (Wildman–Crippen MR) is 85.6 cm³/mol. The maximum Gasteiger partial charge on any atom is 0.141 e. The number of phenolic OH excluding ortho intramolecular Hbond substituents is 1. The van der Waals surface area contributed by atoms with E-state index in [1.54, 1.807) is 6.07 Å². The molecule has 3 N–H and O–H groups in total. The molecule has 0 spiro atoms. The van der Waals surface area contributed by atoms with Crippen LogP contribution in [0.4, 0.5) is 0 Å². The lowest BCUT2D eigenvalue weighted by molar-refractivity contribution is 0.205. The van der Waals surface area contributed by atoms with E-state index in [9.17, 15) is 5.11 Å². The third-order valence-electron chi connectivity index (χ3n) is 4.34. The van der Waals surface area contributed by atoms with Gasteiger partial charge in [-0.05, 0) is 69.1 Å². The molecule has 2 aromatic rings. The lowest BCUT2D eigenvalue weighted by Gasteiger charge is -2.30. The number of benzene rings is 1. The number of phenols is 1. The number of piperidine rings is 1. The smallest absolute Gasteiger partial charge is 0.141 e. The Bertz CT molecular complexity index is 638. The minimum Gasteiger partial charge on any atom is -0.508 e. The minimum absolute atomic E-state index is 0.279. The number of hydrogen-bond acceptors (Lipinski definition) is 5. The van der Waals surface area contributed by atoms with Crippen LogP contribution in [0.1, 0.15) is 29.9 Å². The van der Waals surface area contributed by atoms with E-state index in [1.165, 1.54) is 0 Å². The molecule has 1 aliphatic rings. The first-order chi connectivity index (χ1) is 10.5. The summed E-state index contributed by atoms with van der Waals surface area (Å²) in [5.41, 5.74) is 9.83. The van der Waals surface area contributed by atoms with Crippen LogP contribution in [0.25, 0.3) is 11.1 Å². The SMILES string of the molecule is Cc1noc(C)c1-c1cc(O)cc(CN2CCC(N)CC2)c1. The molecule has 0 aliphatic carbocycles. The Balaban J connectivity index is 1.84. The summed E-state index contributed by atoms with van der Waals surface area (Å²) in [5.74, 6) is 1.05. The molecule has 118 valence electrons. The van der Waals surface area contributed by atoms with Crippen LogP contribution in [0.15, 0.2) is 22.7 Å². The predicted octanol–water partition coefficient (Wildman–Crippen LogP) is 2.59. The van der Waals surface area contributed by atoms with E-state index in [0.29, 0.717) is 6.04 Å². The van der Waals surface area contributed by atoms with Gasteiger partial charge in [-0.3, -0.25) is 4.90 Å². The molecule has 5 heteroatoms. The molecule has 1 fully saturated rings. The Hall–Kier alpha value is -1.85. The van der Waals surface area contributed by atoms with Gasteiger partial charge < -0.3 is 15.4 Å². The molecule has 0 bridgehead atoms. The second kappa shape index (κ2) is 6.10. The Labute approximate surface area is 130 Å². The van der Waals surface area contributed by atoms with Crippen molar-refractivity contribution < 1.29 is 9.63 Å². The topological polar surface area (TPSA) is 75.5 Å². The maximum absolute atomic E-state index is 10.1. The van der Waals surface area contributed by atoms with Crippen molar-refractivity contribution in [1.29, 1.82) is 0 Å². The largest absolute Gasteiger partial charge is 0.508 e. The Morgan fingerprint density at radius 2 is 2.00 bits per heavy atom. The van der Waals surface area contributed by atoms with Gasteiger partial charge in [0.2, 0.25) is 0 Å². The zero-order valence-electron chi connectivity index (χ0n) is 13.2. The number of aromatic nitrogens is 1. The monoisotopic (exact) mass is 301 g/mol. The molecule has 3 rings (SSSR count). The van der Waals surface area contributed by atoms with E-state index in [2.05, 4.69) is 16.1 Å². The molecule has 0 amide bonds. The van der Waals surface area contributed by atoms with E-state index in [-0.39, 0.29) is 5.75 Å². The van der Waals surface area contributed by atoms with Gasteiger partial charge in [0.1, 0.15) is 11.5 Å². The average molecular weight is 301 g/mol. The van der Waals surface area contributed by atoms with Gasteiger partial charge in [0.15, 0.2) is 0 Å². The van der Waals surface area contributed by atoms with Gasteiger partial charge >= 0.3 is 0 Å². The van der Waals surface area contributed by atoms with Crippen LogP contribution < -0.4 is 5.73 Å². The quantitative estimate of drug-likeness (QED) is 0.911. The van der Waals surface area contributed by atoms with Crippen LogP contribution in [-0.4, -0.2) is 34.3 Å². The van der Waals surface area contributed by atoms with Crippen LogP contribution in [-0.2, 0) is 6.54 Å². The Kier molecular flexibility index (Phi) is 4.18. The number of likely N-dealkylation sites (tertiary alicyclic amines) is 1. The van der Waals surface area contributed by atoms with Gasteiger partial charge in [-0.25, -0.2) is 0 Å². The average Bonchev–Trinajstić information content (AvgIpc) is 2.80. The first kappa shape index (κ1) is 15.1. The van der Waals surface area contributed by atoms with Crippen molar-refractivity contribution in [3.05, 3.63) is 35.2 Å². The van der Waals surface area contributed by atoms with E-state index < -0.39 is 0 Å². The Morgan fingerprint density at radius 3 is 2.64 bits per heavy atom.